The van der Waals surface area contributed by atoms with E-state index in [0.717, 1.165) is 16.6 Å². The maximum Gasteiger partial charge on any atom is 0.276 e. The number of rotatable bonds is 5. The van der Waals surface area contributed by atoms with E-state index in [9.17, 15) is 4.79 Å². The van der Waals surface area contributed by atoms with Crippen LogP contribution in [0.5, 0.6) is 0 Å². The monoisotopic (exact) mass is 399 g/mol. The normalized spacial score (nSPS) is 11.1. The minimum absolute atomic E-state index is 0.303. The van der Waals surface area contributed by atoms with Crippen LogP contribution in [0.4, 0.5) is 11.4 Å². The van der Waals surface area contributed by atoms with E-state index in [1.165, 1.54) is 6.39 Å². The summed E-state index contributed by atoms with van der Waals surface area (Å²) in [6.45, 7) is 0.552. The highest BCUT2D eigenvalue weighted by Gasteiger charge is 2.16. The number of amides is 1. The standard InChI is InChI=1S/C21H17N7O2/c22-15-3-1-2-13(6-15)10-28-11-16(8-24-28)25-21(29)20-17-5-4-14(7-18(17)26-27-20)19-9-23-12-30-19/h1-9,11-12H,10,22H2,(H,25,29)(H,26,27). The molecule has 0 aliphatic heterocycles. The number of nitrogens with two attached hydrogens (primary N) is 1. The Morgan fingerprint density at radius 2 is 2.13 bits per heavy atom. The number of carbonyl (C=O) groups is 1. The fourth-order valence-corrected chi connectivity index (χ4v) is 3.29. The largest absolute Gasteiger partial charge is 0.444 e. The molecule has 0 aliphatic rings. The van der Waals surface area contributed by atoms with Crippen LogP contribution >= 0.6 is 0 Å². The average molecular weight is 399 g/mol. The molecule has 0 aliphatic carbocycles. The third kappa shape index (κ3) is 3.39. The second-order valence-electron chi connectivity index (χ2n) is 6.82. The van der Waals surface area contributed by atoms with Crippen molar-refractivity contribution in [3.63, 3.8) is 0 Å². The van der Waals surface area contributed by atoms with Crippen LogP contribution < -0.4 is 11.1 Å². The number of oxazole rings is 1. The summed E-state index contributed by atoms with van der Waals surface area (Å²) in [5.41, 5.74) is 10.00. The second kappa shape index (κ2) is 7.21. The molecule has 3 heterocycles. The third-order valence-corrected chi connectivity index (χ3v) is 4.68. The summed E-state index contributed by atoms with van der Waals surface area (Å²) in [4.78, 5) is 16.7. The molecule has 0 radical (unpaired) electrons. The highest BCUT2D eigenvalue weighted by atomic mass is 16.3. The molecular weight excluding hydrogens is 382 g/mol. The van der Waals surface area contributed by atoms with Crippen LogP contribution in [0.3, 0.4) is 0 Å². The van der Waals surface area contributed by atoms with Crippen LogP contribution in [0.2, 0.25) is 0 Å². The number of hydrogen-bond acceptors (Lipinski definition) is 6. The van der Waals surface area contributed by atoms with Gasteiger partial charge in [-0.2, -0.15) is 10.2 Å². The third-order valence-electron chi connectivity index (χ3n) is 4.68. The Morgan fingerprint density at radius 1 is 1.20 bits per heavy atom. The molecule has 5 rings (SSSR count). The number of H-pyrrole nitrogens is 1. The van der Waals surface area contributed by atoms with E-state index < -0.39 is 0 Å². The quantitative estimate of drug-likeness (QED) is 0.389. The lowest BCUT2D eigenvalue weighted by molar-refractivity contribution is 0.102. The number of anilines is 2. The molecule has 0 atom stereocenters. The van der Waals surface area contributed by atoms with Crippen LogP contribution in [0.15, 0.2) is 71.9 Å². The highest BCUT2D eigenvalue weighted by Crippen LogP contribution is 2.25. The van der Waals surface area contributed by atoms with Gasteiger partial charge in [-0.25, -0.2) is 4.98 Å². The zero-order chi connectivity index (χ0) is 20.5. The van der Waals surface area contributed by atoms with Gasteiger partial charge in [0.15, 0.2) is 17.8 Å². The fraction of sp³-hybridized carbons (Fsp3) is 0.0476. The van der Waals surface area contributed by atoms with Crippen LogP contribution in [0.25, 0.3) is 22.2 Å². The SMILES string of the molecule is Nc1cccc(Cn2cc(NC(=O)c3n[nH]c4cc(-c5cnco5)ccc34)cn2)c1. The number of carbonyl (C=O) groups excluding carboxylic acids is 1. The molecule has 4 N–H and O–H groups in total. The molecule has 0 unspecified atom stereocenters. The zero-order valence-corrected chi connectivity index (χ0v) is 15.7. The Hall–Kier alpha value is -4.40. The lowest BCUT2D eigenvalue weighted by Crippen LogP contribution is -2.12. The van der Waals surface area contributed by atoms with Gasteiger partial charge in [-0.1, -0.05) is 18.2 Å². The topological polar surface area (TPSA) is 128 Å². The number of aromatic nitrogens is 5. The van der Waals surface area contributed by atoms with E-state index in [2.05, 4.69) is 25.6 Å². The summed E-state index contributed by atoms with van der Waals surface area (Å²) < 4.78 is 7.05. The number of nitrogens with one attached hydrogen (secondary N) is 2. The average Bonchev–Trinajstić information content (AvgIpc) is 3.48. The smallest absolute Gasteiger partial charge is 0.276 e. The van der Waals surface area contributed by atoms with E-state index >= 15 is 0 Å². The van der Waals surface area contributed by atoms with Crippen molar-refractivity contribution in [1.82, 2.24) is 25.0 Å². The van der Waals surface area contributed by atoms with E-state index in [4.69, 9.17) is 10.2 Å². The van der Waals surface area contributed by atoms with Crippen LogP contribution in [-0.4, -0.2) is 30.9 Å². The first-order chi connectivity index (χ1) is 14.7. The molecule has 0 spiro atoms. The van der Waals surface area contributed by atoms with E-state index in [1.807, 2.05) is 42.5 Å². The first kappa shape index (κ1) is 17.7. The lowest BCUT2D eigenvalue weighted by atomic mass is 10.1. The van der Waals surface area contributed by atoms with Gasteiger partial charge in [0.25, 0.3) is 5.91 Å². The maximum absolute atomic E-state index is 12.7. The van der Waals surface area contributed by atoms with Gasteiger partial charge < -0.3 is 15.5 Å². The minimum atomic E-state index is -0.322. The molecule has 3 aromatic heterocycles. The van der Waals surface area contributed by atoms with Gasteiger partial charge in [-0.15, -0.1) is 0 Å². The van der Waals surface area contributed by atoms with Crippen LogP contribution in [-0.2, 0) is 6.54 Å². The van der Waals surface area contributed by atoms with Gasteiger partial charge in [-0.3, -0.25) is 14.6 Å². The van der Waals surface area contributed by atoms with Crippen molar-refractivity contribution >= 4 is 28.2 Å². The molecule has 30 heavy (non-hydrogen) atoms. The van der Waals surface area contributed by atoms with Gasteiger partial charge in [0, 0.05) is 22.8 Å². The molecule has 9 nitrogen and oxygen atoms in total. The molecule has 2 aromatic carbocycles. The lowest BCUT2D eigenvalue weighted by Gasteiger charge is -2.03. The van der Waals surface area contributed by atoms with Crippen LogP contribution in [0.1, 0.15) is 16.1 Å². The molecular formula is C21H17N7O2. The van der Waals surface area contributed by atoms with Crippen molar-refractivity contribution in [2.75, 3.05) is 11.1 Å². The molecule has 0 bridgehead atoms. The van der Waals surface area contributed by atoms with Gasteiger partial charge in [-0.05, 0) is 29.8 Å². The Balaban J connectivity index is 1.33. The van der Waals surface area contributed by atoms with Crippen molar-refractivity contribution in [2.24, 2.45) is 0 Å². The maximum atomic E-state index is 12.7. The van der Waals surface area contributed by atoms with E-state index in [-0.39, 0.29) is 5.91 Å². The summed E-state index contributed by atoms with van der Waals surface area (Å²) in [7, 11) is 0. The molecule has 1 amide bonds. The molecule has 0 saturated carbocycles. The number of nitrogens with zero attached hydrogens (tertiary/aromatic N) is 4. The summed E-state index contributed by atoms with van der Waals surface area (Å²) in [6, 6.07) is 13.1. The van der Waals surface area contributed by atoms with Gasteiger partial charge in [0.2, 0.25) is 0 Å². The van der Waals surface area contributed by atoms with Gasteiger partial charge >= 0.3 is 0 Å². The predicted octanol–water partition coefficient (Wildman–Crippen LogP) is 3.30. The number of aromatic amines is 1. The highest BCUT2D eigenvalue weighted by molar-refractivity contribution is 6.11. The summed E-state index contributed by atoms with van der Waals surface area (Å²) >= 11 is 0. The number of benzene rings is 2. The van der Waals surface area contributed by atoms with Crippen LogP contribution in [0, 0.1) is 0 Å². The van der Waals surface area contributed by atoms with Crippen molar-refractivity contribution in [3.05, 3.63) is 78.7 Å². The first-order valence-electron chi connectivity index (χ1n) is 9.21. The predicted molar refractivity (Wildman–Crippen MR) is 112 cm³/mol. The van der Waals surface area contributed by atoms with Crippen molar-refractivity contribution in [3.8, 4) is 11.3 Å². The zero-order valence-electron chi connectivity index (χ0n) is 15.7. The number of hydrogen-bond donors (Lipinski definition) is 3. The van der Waals surface area contributed by atoms with Gasteiger partial charge in [0.05, 0.1) is 30.1 Å². The van der Waals surface area contributed by atoms with Crippen molar-refractivity contribution in [1.29, 1.82) is 0 Å². The summed E-state index contributed by atoms with van der Waals surface area (Å²) in [5.74, 6) is 0.322. The molecule has 9 heteroatoms. The summed E-state index contributed by atoms with van der Waals surface area (Å²) in [5, 5.41) is 14.9. The Kier molecular flexibility index (Phi) is 4.25. The fourth-order valence-electron chi connectivity index (χ4n) is 3.29. The minimum Gasteiger partial charge on any atom is -0.444 e. The molecule has 148 valence electrons. The van der Waals surface area contributed by atoms with Gasteiger partial charge in [0.1, 0.15) is 0 Å². The van der Waals surface area contributed by atoms with Crippen molar-refractivity contribution < 1.29 is 9.21 Å². The van der Waals surface area contributed by atoms with Crippen molar-refractivity contribution in [2.45, 2.75) is 6.54 Å². The second-order valence-corrected chi connectivity index (χ2v) is 6.82. The Morgan fingerprint density at radius 3 is 2.97 bits per heavy atom. The number of nitrogen functional groups attached to an aromatic ring is 1. The molecule has 5 aromatic rings. The first-order valence-corrected chi connectivity index (χ1v) is 9.21. The Labute approximate surface area is 170 Å². The van der Waals surface area contributed by atoms with E-state index in [0.29, 0.717) is 34.8 Å². The summed E-state index contributed by atoms with van der Waals surface area (Å²) in [6.07, 6.45) is 6.36. The number of fused-ring (bicyclic) bond motifs is 1. The molecule has 0 saturated heterocycles. The Bertz CT molecular complexity index is 1330. The van der Waals surface area contributed by atoms with E-state index in [1.54, 1.807) is 23.3 Å². The molecule has 0 fully saturated rings.